The summed E-state index contributed by atoms with van der Waals surface area (Å²) in [6.45, 7) is 0. The number of carbonyl (C=O) groups excluding carboxylic acids is 1. The van der Waals surface area contributed by atoms with E-state index >= 15 is 0 Å². The van der Waals surface area contributed by atoms with Crippen LogP contribution in [0.5, 0.6) is 0 Å². The second kappa shape index (κ2) is 6.73. The van der Waals surface area contributed by atoms with E-state index in [1.807, 2.05) is 23.6 Å². The highest BCUT2D eigenvalue weighted by Gasteiger charge is 2.09. The summed E-state index contributed by atoms with van der Waals surface area (Å²) in [5.74, 6) is 0.938. The van der Waals surface area contributed by atoms with Crippen LogP contribution in [0.4, 0.5) is 0 Å². The molecule has 1 heterocycles. The van der Waals surface area contributed by atoms with Gasteiger partial charge in [-0.25, -0.2) is 4.98 Å². The Morgan fingerprint density at radius 2 is 2.05 bits per heavy atom. The lowest BCUT2D eigenvalue weighted by atomic mass is 10.4. The molecular formula is C14H16N2OS2. The van der Waals surface area contributed by atoms with Crippen LogP contribution in [0.1, 0.15) is 10.7 Å². The molecule has 1 amide bonds. The Balaban J connectivity index is 1.89. The predicted octanol–water partition coefficient (Wildman–Crippen LogP) is 3.07. The Hall–Kier alpha value is -1.33. The lowest BCUT2D eigenvalue weighted by Gasteiger charge is -2.07. The van der Waals surface area contributed by atoms with Gasteiger partial charge in [0, 0.05) is 30.1 Å². The van der Waals surface area contributed by atoms with Crippen LogP contribution < -0.4 is 0 Å². The first-order chi connectivity index (χ1) is 9.15. The van der Waals surface area contributed by atoms with Gasteiger partial charge in [-0.3, -0.25) is 4.79 Å². The molecule has 19 heavy (non-hydrogen) atoms. The molecule has 0 N–H and O–H groups in total. The summed E-state index contributed by atoms with van der Waals surface area (Å²) < 4.78 is 0. The standard InChI is InChI=1S/C14H16N2OS2/c1-16(2)14(17)8-13-15-11(10-19-13)9-18-12-6-4-3-5-7-12/h3-7,10H,8-9H2,1-2H3. The lowest BCUT2D eigenvalue weighted by Crippen LogP contribution is -2.23. The second-order valence-corrected chi connectivity index (χ2v) is 6.29. The average Bonchev–Trinajstić information content (AvgIpc) is 2.85. The summed E-state index contributed by atoms with van der Waals surface area (Å²) in [5.41, 5.74) is 1.04. The molecule has 0 saturated heterocycles. The second-order valence-electron chi connectivity index (χ2n) is 4.30. The molecule has 2 rings (SSSR count). The van der Waals surface area contributed by atoms with Gasteiger partial charge in [0.15, 0.2) is 0 Å². The van der Waals surface area contributed by atoms with Gasteiger partial charge in [-0.15, -0.1) is 23.1 Å². The van der Waals surface area contributed by atoms with Crippen molar-refractivity contribution in [3.63, 3.8) is 0 Å². The average molecular weight is 292 g/mol. The number of likely N-dealkylation sites (N-methyl/N-ethyl adjacent to an activating group) is 1. The third kappa shape index (κ3) is 4.36. The molecule has 0 aliphatic rings. The maximum absolute atomic E-state index is 11.6. The molecule has 0 aliphatic carbocycles. The molecule has 1 aromatic carbocycles. The highest BCUT2D eigenvalue weighted by atomic mass is 32.2. The largest absolute Gasteiger partial charge is 0.348 e. The minimum atomic E-state index is 0.0941. The first-order valence-electron chi connectivity index (χ1n) is 5.96. The van der Waals surface area contributed by atoms with Gasteiger partial charge in [0.1, 0.15) is 5.01 Å². The third-order valence-electron chi connectivity index (χ3n) is 2.53. The first kappa shape index (κ1) is 14.1. The van der Waals surface area contributed by atoms with Crippen molar-refractivity contribution < 1.29 is 4.79 Å². The number of amides is 1. The van der Waals surface area contributed by atoms with E-state index in [9.17, 15) is 4.79 Å². The summed E-state index contributed by atoms with van der Waals surface area (Å²) >= 11 is 3.32. The quantitative estimate of drug-likeness (QED) is 0.794. The van der Waals surface area contributed by atoms with Crippen LogP contribution in [0.2, 0.25) is 0 Å². The summed E-state index contributed by atoms with van der Waals surface area (Å²) in [6.07, 6.45) is 0.396. The van der Waals surface area contributed by atoms with Gasteiger partial charge in [0.2, 0.25) is 5.91 Å². The maximum Gasteiger partial charge on any atom is 0.228 e. The van der Waals surface area contributed by atoms with E-state index in [0.717, 1.165) is 16.5 Å². The highest BCUT2D eigenvalue weighted by Crippen LogP contribution is 2.23. The normalized spacial score (nSPS) is 10.4. The van der Waals surface area contributed by atoms with E-state index in [4.69, 9.17) is 0 Å². The molecule has 100 valence electrons. The van der Waals surface area contributed by atoms with E-state index in [1.165, 1.54) is 4.90 Å². The maximum atomic E-state index is 11.6. The van der Waals surface area contributed by atoms with Crippen LogP contribution in [0.15, 0.2) is 40.6 Å². The fraction of sp³-hybridized carbons (Fsp3) is 0.286. The Bertz CT molecular complexity index is 537. The van der Waals surface area contributed by atoms with Gasteiger partial charge in [-0.05, 0) is 12.1 Å². The Morgan fingerprint density at radius 1 is 1.32 bits per heavy atom. The van der Waals surface area contributed by atoms with Gasteiger partial charge in [0.25, 0.3) is 0 Å². The number of thioether (sulfide) groups is 1. The van der Waals surface area contributed by atoms with Gasteiger partial charge in [-0.2, -0.15) is 0 Å². The Kier molecular flexibility index (Phi) is 4.99. The van der Waals surface area contributed by atoms with Crippen molar-refractivity contribution in [2.75, 3.05) is 14.1 Å². The zero-order valence-electron chi connectivity index (χ0n) is 11.0. The van der Waals surface area contributed by atoms with Crippen LogP contribution in [0.3, 0.4) is 0 Å². The summed E-state index contributed by atoms with van der Waals surface area (Å²) in [4.78, 5) is 18.9. The molecule has 0 unspecified atom stereocenters. The van der Waals surface area contributed by atoms with Gasteiger partial charge >= 0.3 is 0 Å². The van der Waals surface area contributed by atoms with Gasteiger partial charge in [0.05, 0.1) is 12.1 Å². The molecule has 0 radical (unpaired) electrons. The van der Waals surface area contributed by atoms with Gasteiger partial charge in [-0.1, -0.05) is 18.2 Å². The van der Waals surface area contributed by atoms with Gasteiger partial charge < -0.3 is 4.90 Å². The molecular weight excluding hydrogens is 276 g/mol. The van der Waals surface area contributed by atoms with E-state index in [1.54, 1.807) is 42.1 Å². The number of benzene rings is 1. The minimum absolute atomic E-state index is 0.0941. The van der Waals surface area contributed by atoms with Crippen molar-refractivity contribution >= 4 is 29.0 Å². The van der Waals surface area contributed by atoms with Crippen LogP contribution in [0.25, 0.3) is 0 Å². The lowest BCUT2D eigenvalue weighted by molar-refractivity contribution is -0.127. The monoisotopic (exact) mass is 292 g/mol. The first-order valence-corrected chi connectivity index (χ1v) is 7.83. The summed E-state index contributed by atoms with van der Waals surface area (Å²) in [7, 11) is 3.53. The molecule has 0 bridgehead atoms. The predicted molar refractivity (Wildman–Crippen MR) is 80.5 cm³/mol. The molecule has 5 heteroatoms. The third-order valence-corrected chi connectivity index (χ3v) is 4.47. The van der Waals surface area contributed by atoms with Crippen molar-refractivity contribution in [3.8, 4) is 0 Å². The number of hydrogen-bond donors (Lipinski definition) is 0. The molecule has 0 spiro atoms. The summed E-state index contributed by atoms with van der Waals surface area (Å²) in [5, 5.41) is 2.93. The zero-order valence-corrected chi connectivity index (χ0v) is 12.6. The highest BCUT2D eigenvalue weighted by molar-refractivity contribution is 7.98. The van der Waals surface area contributed by atoms with E-state index in [2.05, 4.69) is 17.1 Å². The van der Waals surface area contributed by atoms with Crippen LogP contribution in [-0.4, -0.2) is 29.9 Å². The van der Waals surface area contributed by atoms with E-state index < -0.39 is 0 Å². The SMILES string of the molecule is CN(C)C(=O)Cc1nc(CSc2ccccc2)cs1. The van der Waals surface area contributed by atoms with Crippen LogP contribution >= 0.6 is 23.1 Å². The number of nitrogens with zero attached hydrogens (tertiary/aromatic N) is 2. The molecule has 2 aromatic rings. The molecule has 0 atom stereocenters. The molecule has 0 saturated carbocycles. The minimum Gasteiger partial charge on any atom is -0.348 e. The molecule has 3 nitrogen and oxygen atoms in total. The Morgan fingerprint density at radius 3 is 2.74 bits per heavy atom. The number of aromatic nitrogens is 1. The fourth-order valence-corrected chi connectivity index (χ4v) is 3.16. The Labute approximate surface area is 121 Å². The number of carbonyl (C=O) groups is 1. The van der Waals surface area contributed by atoms with Crippen molar-refractivity contribution in [2.24, 2.45) is 0 Å². The van der Waals surface area contributed by atoms with Crippen molar-refractivity contribution in [3.05, 3.63) is 46.4 Å². The summed E-state index contributed by atoms with van der Waals surface area (Å²) in [6, 6.07) is 10.3. The zero-order chi connectivity index (χ0) is 13.7. The van der Waals surface area contributed by atoms with Crippen molar-refractivity contribution in [1.82, 2.24) is 9.88 Å². The van der Waals surface area contributed by atoms with E-state index in [-0.39, 0.29) is 5.91 Å². The number of thiazole rings is 1. The van der Waals surface area contributed by atoms with Crippen LogP contribution in [0, 0.1) is 0 Å². The smallest absolute Gasteiger partial charge is 0.228 e. The fourth-order valence-electron chi connectivity index (χ4n) is 1.46. The topological polar surface area (TPSA) is 33.2 Å². The molecule has 0 aliphatic heterocycles. The van der Waals surface area contributed by atoms with Crippen molar-refractivity contribution in [2.45, 2.75) is 17.1 Å². The number of rotatable bonds is 5. The van der Waals surface area contributed by atoms with Crippen molar-refractivity contribution in [1.29, 1.82) is 0 Å². The van der Waals surface area contributed by atoms with Crippen LogP contribution in [-0.2, 0) is 17.0 Å². The van der Waals surface area contributed by atoms with E-state index in [0.29, 0.717) is 6.42 Å². The molecule has 0 fully saturated rings. The number of hydrogen-bond acceptors (Lipinski definition) is 4. The molecule has 1 aromatic heterocycles.